The number of hydrogen-bond acceptors (Lipinski definition) is 2. The fourth-order valence-corrected chi connectivity index (χ4v) is 2.92. The van der Waals surface area contributed by atoms with Gasteiger partial charge in [-0.25, -0.2) is 0 Å². The minimum Gasteiger partial charge on any atom is -0.495 e. The Morgan fingerprint density at radius 1 is 1.24 bits per heavy atom. The third kappa shape index (κ3) is 5.74. The summed E-state index contributed by atoms with van der Waals surface area (Å²) >= 11 is 5.99. The number of carbonyl (C=O) groups excluding carboxylic acids is 1. The zero-order chi connectivity index (χ0) is 18.2. The molecule has 5 nitrogen and oxygen atoms in total. The monoisotopic (exact) mass is 363 g/mol. The molecule has 134 valence electrons. The highest BCUT2D eigenvalue weighted by Crippen LogP contribution is 2.27. The minimum atomic E-state index is -0.0823. The lowest BCUT2D eigenvalue weighted by molar-refractivity contribution is -0.908. The Labute approximate surface area is 153 Å². The first-order chi connectivity index (χ1) is 12.0. The Kier molecular flexibility index (Phi) is 7.25. The lowest BCUT2D eigenvalue weighted by atomic mass is 10.1. The summed E-state index contributed by atoms with van der Waals surface area (Å²) in [6.45, 7) is 1.17. The molecule has 0 aliphatic heterocycles. The Morgan fingerprint density at radius 2 is 1.96 bits per heavy atom. The van der Waals surface area contributed by atoms with E-state index in [-0.39, 0.29) is 5.91 Å². The van der Waals surface area contributed by atoms with Crippen molar-refractivity contribution in [3.63, 3.8) is 0 Å². The average Bonchev–Trinajstić information content (AvgIpc) is 2.59. The Hall–Kier alpha value is -2.08. The van der Waals surface area contributed by atoms with Crippen molar-refractivity contribution < 1.29 is 19.7 Å². The molecular weight excluding hydrogens is 338 g/mol. The lowest BCUT2D eigenvalue weighted by Gasteiger charge is -2.20. The van der Waals surface area contributed by atoms with E-state index >= 15 is 0 Å². The highest BCUT2D eigenvalue weighted by Gasteiger charge is 2.20. The van der Waals surface area contributed by atoms with Crippen molar-refractivity contribution in [3.05, 3.63) is 59.1 Å². The SMILES string of the molecule is COc1ccc(Cl)cc1NC(=O)C[NH2+]C[C@H](c1ccccc1)[NH+](C)C. The van der Waals surface area contributed by atoms with Gasteiger partial charge in [0.2, 0.25) is 0 Å². The van der Waals surface area contributed by atoms with Gasteiger partial charge in [0.25, 0.3) is 5.91 Å². The van der Waals surface area contributed by atoms with E-state index < -0.39 is 0 Å². The molecule has 0 aliphatic rings. The first-order valence-corrected chi connectivity index (χ1v) is 8.69. The summed E-state index contributed by atoms with van der Waals surface area (Å²) in [5.74, 6) is 0.513. The number of rotatable bonds is 8. The maximum atomic E-state index is 12.2. The van der Waals surface area contributed by atoms with E-state index in [4.69, 9.17) is 16.3 Å². The molecule has 2 rings (SSSR count). The second-order valence-corrected chi connectivity index (χ2v) is 6.60. The first kappa shape index (κ1) is 19.2. The number of halogens is 1. The quantitative estimate of drug-likeness (QED) is 0.648. The van der Waals surface area contributed by atoms with Crippen molar-refractivity contribution in [3.8, 4) is 5.75 Å². The average molecular weight is 364 g/mol. The largest absolute Gasteiger partial charge is 0.495 e. The number of ether oxygens (including phenoxy) is 1. The molecule has 25 heavy (non-hydrogen) atoms. The van der Waals surface area contributed by atoms with E-state index in [1.807, 2.05) is 23.5 Å². The number of carbonyl (C=O) groups is 1. The summed E-state index contributed by atoms with van der Waals surface area (Å²) in [6.07, 6.45) is 0. The van der Waals surface area contributed by atoms with Crippen LogP contribution < -0.4 is 20.3 Å². The molecule has 0 radical (unpaired) electrons. The Bertz CT molecular complexity index is 692. The van der Waals surface area contributed by atoms with Gasteiger partial charge in [0.15, 0.2) is 12.6 Å². The molecule has 2 aromatic rings. The van der Waals surface area contributed by atoms with Crippen LogP contribution in [0.1, 0.15) is 11.6 Å². The number of hydrogen-bond donors (Lipinski definition) is 3. The van der Waals surface area contributed by atoms with Gasteiger partial charge in [-0.15, -0.1) is 0 Å². The van der Waals surface area contributed by atoms with Gasteiger partial charge < -0.3 is 20.3 Å². The molecule has 1 amide bonds. The lowest BCUT2D eigenvalue weighted by Crippen LogP contribution is -3.09. The van der Waals surface area contributed by atoms with Crippen LogP contribution >= 0.6 is 11.6 Å². The van der Waals surface area contributed by atoms with Crippen molar-refractivity contribution in [2.75, 3.05) is 39.6 Å². The molecule has 0 aromatic heterocycles. The number of likely N-dealkylation sites (N-methyl/N-ethyl adjacent to an activating group) is 1. The number of benzene rings is 2. The van der Waals surface area contributed by atoms with Gasteiger partial charge in [-0.05, 0) is 18.2 Å². The van der Waals surface area contributed by atoms with Gasteiger partial charge in [-0.2, -0.15) is 0 Å². The molecule has 6 heteroatoms. The summed E-state index contributed by atoms with van der Waals surface area (Å²) in [6, 6.07) is 15.8. The number of nitrogens with one attached hydrogen (secondary N) is 2. The number of nitrogens with two attached hydrogens (primary N) is 1. The smallest absolute Gasteiger partial charge is 0.279 e. The summed E-state index contributed by atoms with van der Waals surface area (Å²) in [5, 5.41) is 5.44. The zero-order valence-electron chi connectivity index (χ0n) is 14.9. The second kappa shape index (κ2) is 9.42. The van der Waals surface area contributed by atoms with Gasteiger partial charge in [-0.1, -0.05) is 41.9 Å². The van der Waals surface area contributed by atoms with Crippen LogP contribution in [0, 0.1) is 0 Å². The van der Waals surface area contributed by atoms with Crippen molar-refractivity contribution in [2.24, 2.45) is 0 Å². The fourth-order valence-electron chi connectivity index (χ4n) is 2.75. The van der Waals surface area contributed by atoms with E-state index in [0.717, 1.165) is 6.54 Å². The van der Waals surface area contributed by atoms with E-state index in [1.165, 1.54) is 10.5 Å². The maximum absolute atomic E-state index is 12.2. The summed E-state index contributed by atoms with van der Waals surface area (Å²) in [4.78, 5) is 13.6. The third-order valence-corrected chi connectivity index (χ3v) is 4.30. The van der Waals surface area contributed by atoms with Crippen LogP contribution in [0.3, 0.4) is 0 Å². The predicted octanol–water partition coefficient (Wildman–Crippen LogP) is 0.736. The number of methoxy groups -OCH3 is 1. The van der Waals surface area contributed by atoms with Gasteiger partial charge in [0.1, 0.15) is 12.3 Å². The van der Waals surface area contributed by atoms with Crippen molar-refractivity contribution in [1.29, 1.82) is 0 Å². The van der Waals surface area contributed by atoms with E-state index in [0.29, 0.717) is 29.0 Å². The van der Waals surface area contributed by atoms with E-state index in [9.17, 15) is 4.79 Å². The highest BCUT2D eigenvalue weighted by molar-refractivity contribution is 6.31. The van der Waals surface area contributed by atoms with E-state index in [1.54, 1.807) is 25.3 Å². The summed E-state index contributed by atoms with van der Waals surface area (Å²) in [5.41, 5.74) is 1.86. The molecule has 0 fully saturated rings. The topological polar surface area (TPSA) is 59.4 Å². The molecular formula is C19H26ClN3O2+2. The molecule has 0 saturated heterocycles. The summed E-state index contributed by atoms with van der Waals surface area (Å²) in [7, 11) is 5.82. The van der Waals surface area contributed by atoms with Crippen LogP contribution in [0.4, 0.5) is 5.69 Å². The zero-order valence-corrected chi connectivity index (χ0v) is 15.6. The van der Waals surface area contributed by atoms with Gasteiger partial charge in [0.05, 0.1) is 26.9 Å². The van der Waals surface area contributed by atoms with E-state index in [2.05, 4.69) is 31.5 Å². The van der Waals surface area contributed by atoms with Crippen LogP contribution in [-0.4, -0.2) is 40.2 Å². The molecule has 0 bridgehead atoms. The molecule has 4 N–H and O–H groups in total. The molecule has 2 aromatic carbocycles. The van der Waals surface area contributed by atoms with Crippen LogP contribution in [0.2, 0.25) is 5.02 Å². The number of quaternary nitrogens is 2. The van der Waals surface area contributed by atoms with Crippen LogP contribution in [0.5, 0.6) is 5.75 Å². The Balaban J connectivity index is 1.90. The molecule has 0 heterocycles. The Morgan fingerprint density at radius 3 is 2.60 bits per heavy atom. The first-order valence-electron chi connectivity index (χ1n) is 8.31. The molecule has 0 saturated carbocycles. The third-order valence-electron chi connectivity index (χ3n) is 4.07. The standard InChI is InChI=1S/C19H24ClN3O2/c1-23(2)17(14-7-5-4-6-8-14)12-21-13-19(24)22-16-11-15(20)9-10-18(16)25-3/h4-11,17,21H,12-13H2,1-3H3,(H,22,24)/p+2/t17-/m1/s1. The van der Waals surface area contributed by atoms with Gasteiger partial charge >= 0.3 is 0 Å². The number of anilines is 1. The van der Waals surface area contributed by atoms with Crippen molar-refractivity contribution >= 4 is 23.2 Å². The molecule has 0 spiro atoms. The normalized spacial score (nSPS) is 12.0. The van der Waals surface area contributed by atoms with Crippen LogP contribution in [-0.2, 0) is 4.79 Å². The molecule has 1 atom stereocenters. The highest BCUT2D eigenvalue weighted by atomic mass is 35.5. The maximum Gasteiger partial charge on any atom is 0.279 e. The number of amides is 1. The molecule has 0 unspecified atom stereocenters. The molecule has 0 aliphatic carbocycles. The van der Waals surface area contributed by atoms with Gasteiger partial charge in [0, 0.05) is 10.6 Å². The predicted molar refractivity (Wildman–Crippen MR) is 100 cm³/mol. The summed E-state index contributed by atoms with van der Waals surface area (Å²) < 4.78 is 5.25. The fraction of sp³-hybridized carbons (Fsp3) is 0.316. The minimum absolute atomic E-state index is 0.0823. The second-order valence-electron chi connectivity index (χ2n) is 6.16. The van der Waals surface area contributed by atoms with Crippen molar-refractivity contribution in [2.45, 2.75) is 6.04 Å². The van der Waals surface area contributed by atoms with Crippen LogP contribution in [0.25, 0.3) is 0 Å². The van der Waals surface area contributed by atoms with Gasteiger partial charge in [-0.3, -0.25) is 4.79 Å². The van der Waals surface area contributed by atoms with Crippen LogP contribution in [0.15, 0.2) is 48.5 Å². The van der Waals surface area contributed by atoms with Crippen molar-refractivity contribution in [1.82, 2.24) is 0 Å².